The van der Waals surface area contributed by atoms with Gasteiger partial charge in [-0.2, -0.15) is 0 Å². The number of methoxy groups -OCH3 is 1. The van der Waals surface area contributed by atoms with Gasteiger partial charge in [0, 0.05) is 31.7 Å². The molecule has 180 valence electrons. The van der Waals surface area contributed by atoms with E-state index in [-0.39, 0.29) is 12.1 Å². The molecule has 0 bridgehead atoms. The number of amidine groups is 1. The fraction of sp³-hybridized carbons (Fsp3) is 0.481. The van der Waals surface area contributed by atoms with Crippen molar-refractivity contribution in [1.82, 2.24) is 15.1 Å². The van der Waals surface area contributed by atoms with Gasteiger partial charge in [0.2, 0.25) is 0 Å². The van der Waals surface area contributed by atoms with Crippen LogP contribution in [0.1, 0.15) is 50.2 Å². The second-order valence-corrected chi connectivity index (χ2v) is 9.64. The number of amides is 2. The number of aryl methyl sites for hydroxylation is 1. The summed E-state index contributed by atoms with van der Waals surface area (Å²) in [6, 6.07) is 12.4. The van der Waals surface area contributed by atoms with Gasteiger partial charge in [-0.15, -0.1) is 0 Å². The number of urea groups is 1. The van der Waals surface area contributed by atoms with E-state index >= 15 is 0 Å². The summed E-state index contributed by atoms with van der Waals surface area (Å²) >= 11 is 0. The smallest absolute Gasteiger partial charge is 0.317 e. The van der Waals surface area contributed by atoms with Crippen molar-refractivity contribution < 1.29 is 14.3 Å². The van der Waals surface area contributed by atoms with E-state index < -0.39 is 0 Å². The summed E-state index contributed by atoms with van der Waals surface area (Å²) in [6.07, 6.45) is 5.88. The number of benzene rings is 2. The molecule has 1 saturated carbocycles. The molecule has 2 fully saturated rings. The van der Waals surface area contributed by atoms with Crippen LogP contribution in [0.5, 0.6) is 17.2 Å². The van der Waals surface area contributed by atoms with Crippen molar-refractivity contribution in [3.8, 4) is 17.2 Å². The van der Waals surface area contributed by atoms with Crippen LogP contribution in [0, 0.1) is 6.92 Å². The lowest BCUT2D eigenvalue weighted by molar-refractivity contribution is 0.130. The molecular weight excluding hydrogens is 428 g/mol. The van der Waals surface area contributed by atoms with E-state index in [1.165, 1.54) is 19.3 Å². The fourth-order valence-corrected chi connectivity index (χ4v) is 5.19. The molecule has 1 aliphatic carbocycles. The maximum atomic E-state index is 13.0. The Hall–Kier alpha value is -3.22. The van der Waals surface area contributed by atoms with E-state index in [1.807, 2.05) is 42.2 Å². The molecule has 2 aromatic rings. The first-order valence-electron chi connectivity index (χ1n) is 12.4. The summed E-state index contributed by atoms with van der Waals surface area (Å²) < 4.78 is 11.8. The van der Waals surface area contributed by atoms with Gasteiger partial charge in [0.15, 0.2) is 5.75 Å². The summed E-state index contributed by atoms with van der Waals surface area (Å²) in [5.41, 5.74) is 2.83. The van der Waals surface area contributed by atoms with E-state index in [0.717, 1.165) is 52.7 Å². The van der Waals surface area contributed by atoms with Gasteiger partial charge in [-0.25, -0.2) is 9.79 Å². The van der Waals surface area contributed by atoms with Crippen molar-refractivity contribution in [3.05, 3.63) is 47.5 Å². The second kappa shape index (κ2) is 9.57. The molecule has 1 unspecified atom stereocenters. The van der Waals surface area contributed by atoms with Crippen molar-refractivity contribution in [1.29, 1.82) is 0 Å². The topological polar surface area (TPSA) is 66.4 Å². The lowest BCUT2D eigenvalue weighted by Crippen LogP contribution is -2.58. The molecule has 7 nitrogen and oxygen atoms in total. The van der Waals surface area contributed by atoms with Gasteiger partial charge in [0.05, 0.1) is 12.7 Å². The lowest BCUT2D eigenvalue weighted by atomic mass is 9.96. The van der Waals surface area contributed by atoms with Gasteiger partial charge < -0.3 is 24.6 Å². The Balaban J connectivity index is 1.40. The average Bonchev–Trinajstić information content (AvgIpc) is 3.00. The number of nitrogens with one attached hydrogen (secondary N) is 1. The number of hydrogen-bond acceptors (Lipinski definition) is 5. The zero-order valence-corrected chi connectivity index (χ0v) is 20.3. The molecule has 1 N–H and O–H groups in total. The number of hydrogen-bond donors (Lipinski definition) is 1. The summed E-state index contributed by atoms with van der Waals surface area (Å²) in [6.45, 7) is 6.23. The molecule has 2 aliphatic heterocycles. The van der Waals surface area contributed by atoms with Gasteiger partial charge in [-0.3, -0.25) is 0 Å². The van der Waals surface area contributed by atoms with Crippen molar-refractivity contribution in [2.24, 2.45) is 4.99 Å². The first-order valence-corrected chi connectivity index (χ1v) is 12.4. The van der Waals surface area contributed by atoms with Crippen LogP contribution in [0.2, 0.25) is 0 Å². The van der Waals surface area contributed by atoms with Gasteiger partial charge in [0.1, 0.15) is 23.0 Å². The maximum absolute atomic E-state index is 13.0. The van der Waals surface area contributed by atoms with Crippen LogP contribution in [0.3, 0.4) is 0 Å². The summed E-state index contributed by atoms with van der Waals surface area (Å²) in [4.78, 5) is 22.3. The molecular formula is C27H34N4O3. The molecule has 2 aromatic carbocycles. The third kappa shape index (κ3) is 4.56. The molecule has 5 rings (SSSR count). The number of ether oxygens (including phenoxy) is 2. The highest BCUT2D eigenvalue weighted by Crippen LogP contribution is 2.40. The Bertz CT molecular complexity index is 1090. The van der Waals surface area contributed by atoms with Crippen LogP contribution in [-0.2, 0) is 0 Å². The standard InChI is InChI=1S/C27H34N4O3/c1-18-9-11-23-25(15-18)34-24-12-10-21(33-3)16-22(24)26(29-23)30-13-14-31(19(2)17-30)27(32)28-20-7-5-4-6-8-20/h9-12,15-16,19-20H,4-8,13-14,17H2,1-3H3,(H,28,32). The van der Waals surface area contributed by atoms with Gasteiger partial charge >= 0.3 is 6.03 Å². The molecule has 0 spiro atoms. The first-order chi connectivity index (χ1) is 16.5. The first kappa shape index (κ1) is 22.6. The molecule has 3 aliphatic rings. The Morgan fingerprint density at radius 2 is 1.91 bits per heavy atom. The van der Waals surface area contributed by atoms with E-state index in [0.29, 0.717) is 25.7 Å². The predicted molar refractivity (Wildman–Crippen MR) is 134 cm³/mol. The monoisotopic (exact) mass is 462 g/mol. The van der Waals surface area contributed by atoms with Gasteiger partial charge in [0.25, 0.3) is 0 Å². The van der Waals surface area contributed by atoms with Gasteiger partial charge in [-0.05, 0) is 62.6 Å². The zero-order chi connectivity index (χ0) is 23.7. The van der Waals surface area contributed by atoms with E-state index in [2.05, 4.69) is 23.2 Å². The summed E-state index contributed by atoms with van der Waals surface area (Å²) in [7, 11) is 1.67. The number of carbonyl (C=O) groups excluding carboxylic acids is 1. The minimum Gasteiger partial charge on any atom is -0.497 e. The predicted octanol–water partition coefficient (Wildman–Crippen LogP) is 5.24. The van der Waals surface area contributed by atoms with Gasteiger partial charge in [-0.1, -0.05) is 25.3 Å². The number of rotatable bonds is 2. The van der Waals surface area contributed by atoms with Crippen molar-refractivity contribution in [3.63, 3.8) is 0 Å². The third-order valence-corrected chi connectivity index (χ3v) is 7.11. The van der Waals surface area contributed by atoms with E-state index in [4.69, 9.17) is 14.5 Å². The number of fused-ring (bicyclic) bond motifs is 2. The number of aliphatic imine (C=N–C) groups is 1. The van der Waals surface area contributed by atoms with Crippen molar-refractivity contribution in [2.75, 3.05) is 26.7 Å². The average molecular weight is 463 g/mol. The normalized spacial score (nSPS) is 20.4. The summed E-state index contributed by atoms with van der Waals surface area (Å²) in [5, 5.41) is 3.27. The highest BCUT2D eigenvalue weighted by Gasteiger charge is 2.32. The molecule has 1 saturated heterocycles. The number of carbonyl (C=O) groups is 1. The molecule has 7 heteroatoms. The zero-order valence-electron chi connectivity index (χ0n) is 20.3. The van der Waals surface area contributed by atoms with Crippen molar-refractivity contribution >= 4 is 17.6 Å². The summed E-state index contributed by atoms with van der Waals surface area (Å²) in [5.74, 6) is 3.13. The molecule has 0 radical (unpaired) electrons. The van der Waals surface area contributed by atoms with E-state index in [9.17, 15) is 4.79 Å². The van der Waals surface area contributed by atoms with Crippen LogP contribution >= 0.6 is 0 Å². The SMILES string of the molecule is COc1ccc2c(c1)C(N1CCN(C(=O)NC3CCCCC3)C(C)C1)=Nc1ccc(C)cc1O2. The minimum atomic E-state index is 0.0630. The van der Waals surface area contributed by atoms with Crippen LogP contribution in [-0.4, -0.2) is 60.5 Å². The largest absolute Gasteiger partial charge is 0.497 e. The fourth-order valence-electron chi connectivity index (χ4n) is 5.19. The van der Waals surface area contributed by atoms with Crippen LogP contribution in [0.25, 0.3) is 0 Å². The minimum absolute atomic E-state index is 0.0630. The second-order valence-electron chi connectivity index (χ2n) is 9.64. The Morgan fingerprint density at radius 1 is 1.09 bits per heavy atom. The van der Waals surface area contributed by atoms with Crippen LogP contribution < -0.4 is 14.8 Å². The van der Waals surface area contributed by atoms with Crippen LogP contribution in [0.4, 0.5) is 10.5 Å². The Kier molecular flexibility index (Phi) is 6.35. The Labute approximate surface area is 201 Å². The lowest BCUT2D eigenvalue weighted by Gasteiger charge is -2.41. The van der Waals surface area contributed by atoms with Crippen molar-refractivity contribution in [2.45, 2.75) is 58.0 Å². The maximum Gasteiger partial charge on any atom is 0.317 e. The highest BCUT2D eigenvalue weighted by molar-refractivity contribution is 6.04. The highest BCUT2D eigenvalue weighted by atomic mass is 16.5. The molecule has 0 aromatic heterocycles. The number of piperazine rings is 1. The number of nitrogens with zero attached hydrogens (tertiary/aromatic N) is 3. The quantitative estimate of drug-likeness (QED) is 0.663. The Morgan fingerprint density at radius 3 is 2.68 bits per heavy atom. The van der Waals surface area contributed by atoms with E-state index in [1.54, 1.807) is 7.11 Å². The molecule has 34 heavy (non-hydrogen) atoms. The van der Waals surface area contributed by atoms with Crippen LogP contribution in [0.15, 0.2) is 41.4 Å². The molecule has 2 heterocycles. The molecule has 2 amide bonds. The third-order valence-electron chi connectivity index (χ3n) is 7.11. The molecule has 1 atom stereocenters.